The van der Waals surface area contributed by atoms with Crippen molar-refractivity contribution in [3.8, 4) is 0 Å². The first-order valence-corrected chi connectivity index (χ1v) is 8.47. The standard InChI is InChI=1S/C16H21NO3S/c1-9-3-6-13-11(7-9)8-14(21-13)16(19)20-10(2)15(18)17-12-4-5-12/h8-10,12H,3-7H2,1-2H3,(H,17,18)/t9-,10-/m0/s1. The van der Waals surface area contributed by atoms with Crippen molar-refractivity contribution in [2.45, 2.75) is 58.1 Å². The number of carbonyl (C=O) groups excluding carboxylic acids is 2. The van der Waals surface area contributed by atoms with Crippen molar-refractivity contribution >= 4 is 23.2 Å². The Morgan fingerprint density at radius 2 is 2.14 bits per heavy atom. The maximum atomic E-state index is 12.2. The van der Waals surface area contributed by atoms with E-state index < -0.39 is 6.10 Å². The number of hydrogen-bond acceptors (Lipinski definition) is 4. The van der Waals surface area contributed by atoms with Gasteiger partial charge >= 0.3 is 5.97 Å². The van der Waals surface area contributed by atoms with E-state index in [9.17, 15) is 9.59 Å². The monoisotopic (exact) mass is 307 g/mol. The summed E-state index contributed by atoms with van der Waals surface area (Å²) in [5, 5.41) is 2.85. The highest BCUT2D eigenvalue weighted by molar-refractivity contribution is 7.14. The number of carbonyl (C=O) groups is 2. The normalized spacial score (nSPS) is 22.3. The third kappa shape index (κ3) is 3.46. The Kier molecular flexibility index (Phi) is 4.02. The van der Waals surface area contributed by atoms with E-state index in [0.29, 0.717) is 10.8 Å². The number of hydrogen-bond donors (Lipinski definition) is 1. The lowest BCUT2D eigenvalue weighted by Crippen LogP contribution is -2.36. The van der Waals surface area contributed by atoms with E-state index in [4.69, 9.17) is 4.74 Å². The number of thiophene rings is 1. The molecule has 0 bridgehead atoms. The second kappa shape index (κ2) is 5.79. The molecule has 1 amide bonds. The number of rotatable bonds is 4. The molecule has 0 spiro atoms. The Hall–Kier alpha value is -1.36. The molecule has 0 unspecified atom stereocenters. The van der Waals surface area contributed by atoms with E-state index in [1.807, 2.05) is 6.07 Å². The molecule has 0 aliphatic heterocycles. The molecule has 0 radical (unpaired) electrons. The maximum Gasteiger partial charge on any atom is 0.349 e. The molecule has 1 aromatic rings. The van der Waals surface area contributed by atoms with Gasteiger partial charge in [0.15, 0.2) is 6.10 Å². The summed E-state index contributed by atoms with van der Waals surface area (Å²) in [5.74, 6) is 0.112. The molecule has 3 rings (SSSR count). The SMILES string of the molecule is C[C@H]1CCc2sc(C(=O)O[C@@H](C)C(=O)NC3CC3)cc2C1. The molecule has 2 aliphatic rings. The Labute approximate surface area is 128 Å². The zero-order chi connectivity index (χ0) is 15.0. The molecule has 114 valence electrons. The number of nitrogens with one attached hydrogen (secondary N) is 1. The summed E-state index contributed by atoms with van der Waals surface area (Å²) >= 11 is 1.52. The van der Waals surface area contributed by atoms with Crippen LogP contribution in [-0.4, -0.2) is 24.0 Å². The van der Waals surface area contributed by atoms with Crippen molar-refractivity contribution in [3.63, 3.8) is 0 Å². The van der Waals surface area contributed by atoms with Gasteiger partial charge in [0.1, 0.15) is 4.88 Å². The largest absolute Gasteiger partial charge is 0.448 e. The van der Waals surface area contributed by atoms with Gasteiger partial charge in [-0.15, -0.1) is 11.3 Å². The number of aryl methyl sites for hydroxylation is 1. The van der Waals surface area contributed by atoms with Crippen LogP contribution >= 0.6 is 11.3 Å². The van der Waals surface area contributed by atoms with Gasteiger partial charge in [-0.2, -0.15) is 0 Å². The Morgan fingerprint density at radius 1 is 1.38 bits per heavy atom. The summed E-state index contributed by atoms with van der Waals surface area (Å²) in [6.07, 6.45) is 4.60. The fourth-order valence-corrected chi connectivity index (χ4v) is 3.72. The first-order valence-electron chi connectivity index (χ1n) is 7.66. The van der Waals surface area contributed by atoms with Crippen LogP contribution in [0, 0.1) is 5.92 Å². The third-order valence-corrected chi connectivity index (χ3v) is 5.32. The van der Waals surface area contributed by atoms with Gasteiger partial charge in [0.25, 0.3) is 5.91 Å². The minimum absolute atomic E-state index is 0.194. The van der Waals surface area contributed by atoms with Crippen LogP contribution in [0.5, 0.6) is 0 Å². The highest BCUT2D eigenvalue weighted by Gasteiger charge is 2.28. The van der Waals surface area contributed by atoms with Gasteiger partial charge < -0.3 is 10.1 Å². The van der Waals surface area contributed by atoms with Crippen LogP contribution in [0.3, 0.4) is 0 Å². The topological polar surface area (TPSA) is 55.4 Å². The Morgan fingerprint density at radius 3 is 2.86 bits per heavy atom. The van der Waals surface area contributed by atoms with E-state index in [1.54, 1.807) is 6.92 Å². The Balaban J connectivity index is 1.61. The number of esters is 1. The molecule has 21 heavy (non-hydrogen) atoms. The van der Waals surface area contributed by atoms with Crippen LogP contribution in [0.2, 0.25) is 0 Å². The first-order chi connectivity index (χ1) is 10.0. The zero-order valence-electron chi connectivity index (χ0n) is 12.5. The Bertz CT molecular complexity index is 562. The molecular formula is C16H21NO3S. The number of amides is 1. The van der Waals surface area contributed by atoms with Gasteiger partial charge in [-0.25, -0.2) is 4.79 Å². The second-order valence-electron chi connectivity index (χ2n) is 6.24. The smallest absolute Gasteiger partial charge is 0.349 e. The molecule has 1 heterocycles. The highest BCUT2D eigenvalue weighted by atomic mass is 32.1. The van der Waals surface area contributed by atoms with Gasteiger partial charge in [0.2, 0.25) is 0 Å². The molecule has 1 saturated carbocycles. The fourth-order valence-electron chi connectivity index (χ4n) is 2.62. The molecule has 1 N–H and O–H groups in total. The summed E-state index contributed by atoms with van der Waals surface area (Å²) in [7, 11) is 0. The van der Waals surface area contributed by atoms with Gasteiger partial charge in [-0.05, 0) is 56.6 Å². The van der Waals surface area contributed by atoms with E-state index >= 15 is 0 Å². The lowest BCUT2D eigenvalue weighted by Gasteiger charge is -2.16. The molecule has 1 fully saturated rings. The van der Waals surface area contributed by atoms with Gasteiger partial charge in [0, 0.05) is 10.9 Å². The van der Waals surface area contributed by atoms with Crippen LogP contribution in [0.15, 0.2) is 6.07 Å². The lowest BCUT2D eigenvalue weighted by atomic mass is 9.90. The second-order valence-corrected chi connectivity index (χ2v) is 7.37. The van der Waals surface area contributed by atoms with Crippen molar-refractivity contribution in [2.24, 2.45) is 5.92 Å². The van der Waals surface area contributed by atoms with Crippen molar-refractivity contribution in [1.82, 2.24) is 5.32 Å². The van der Waals surface area contributed by atoms with Crippen molar-refractivity contribution in [1.29, 1.82) is 0 Å². The zero-order valence-corrected chi connectivity index (χ0v) is 13.3. The summed E-state index contributed by atoms with van der Waals surface area (Å²) in [5.41, 5.74) is 1.28. The van der Waals surface area contributed by atoms with Crippen LogP contribution in [0.25, 0.3) is 0 Å². The molecular weight excluding hydrogens is 286 g/mol. The van der Waals surface area contributed by atoms with Crippen molar-refractivity contribution < 1.29 is 14.3 Å². The minimum Gasteiger partial charge on any atom is -0.448 e. The van der Waals surface area contributed by atoms with E-state index in [0.717, 1.165) is 25.7 Å². The van der Waals surface area contributed by atoms with Crippen molar-refractivity contribution in [2.75, 3.05) is 0 Å². The highest BCUT2D eigenvalue weighted by Crippen LogP contribution is 2.32. The third-order valence-electron chi connectivity index (χ3n) is 4.11. The molecule has 0 saturated heterocycles. The van der Waals surface area contributed by atoms with E-state index in [2.05, 4.69) is 12.2 Å². The predicted molar refractivity (Wildman–Crippen MR) is 81.6 cm³/mol. The van der Waals surface area contributed by atoms with E-state index in [-0.39, 0.29) is 17.9 Å². The van der Waals surface area contributed by atoms with Crippen LogP contribution in [0.1, 0.15) is 53.2 Å². The average Bonchev–Trinajstić information content (AvgIpc) is 3.14. The molecule has 2 atom stereocenters. The molecule has 4 nitrogen and oxygen atoms in total. The van der Waals surface area contributed by atoms with Crippen molar-refractivity contribution in [3.05, 3.63) is 21.4 Å². The van der Waals surface area contributed by atoms with Crippen LogP contribution in [-0.2, 0) is 22.4 Å². The van der Waals surface area contributed by atoms with Gasteiger partial charge in [-0.1, -0.05) is 6.92 Å². The summed E-state index contributed by atoms with van der Waals surface area (Å²) < 4.78 is 5.29. The van der Waals surface area contributed by atoms with Crippen LogP contribution < -0.4 is 5.32 Å². The first kappa shape index (κ1) is 14.6. The fraction of sp³-hybridized carbons (Fsp3) is 0.625. The summed E-state index contributed by atoms with van der Waals surface area (Å²) in [4.78, 5) is 25.9. The predicted octanol–water partition coefficient (Wildman–Crippen LogP) is 2.70. The minimum atomic E-state index is -0.726. The number of fused-ring (bicyclic) bond motifs is 1. The molecule has 1 aromatic heterocycles. The molecule has 5 heteroatoms. The molecule has 2 aliphatic carbocycles. The quantitative estimate of drug-likeness (QED) is 0.870. The van der Waals surface area contributed by atoms with Crippen LogP contribution in [0.4, 0.5) is 0 Å². The lowest BCUT2D eigenvalue weighted by molar-refractivity contribution is -0.129. The summed E-state index contributed by atoms with van der Waals surface area (Å²) in [6, 6.07) is 2.23. The van der Waals surface area contributed by atoms with Gasteiger partial charge in [-0.3, -0.25) is 4.79 Å². The average molecular weight is 307 g/mol. The summed E-state index contributed by atoms with van der Waals surface area (Å²) in [6.45, 7) is 3.87. The maximum absolute atomic E-state index is 12.2. The number of ether oxygens (including phenoxy) is 1. The van der Waals surface area contributed by atoms with Gasteiger partial charge in [0.05, 0.1) is 0 Å². The molecule has 0 aromatic carbocycles. The van der Waals surface area contributed by atoms with E-state index in [1.165, 1.54) is 28.2 Å².